The highest BCUT2D eigenvalue weighted by Gasteiger charge is 2.40. The number of imide groups is 1. The highest BCUT2D eigenvalue weighted by Crippen LogP contribution is 2.35. The molecular formula is C38H39F4N9O5S. The normalized spacial score (nSPS) is 17.7. The van der Waals surface area contributed by atoms with E-state index in [0.29, 0.717) is 67.0 Å². The van der Waals surface area contributed by atoms with Crippen LogP contribution in [0.3, 0.4) is 0 Å². The summed E-state index contributed by atoms with van der Waals surface area (Å²) in [4.78, 5) is 50.7. The third kappa shape index (κ3) is 8.78. The Bertz CT molecular complexity index is 2320. The number of sulfonamides is 1. The molecule has 4 aromatic rings. The van der Waals surface area contributed by atoms with E-state index in [2.05, 4.69) is 35.7 Å². The van der Waals surface area contributed by atoms with Gasteiger partial charge in [-0.1, -0.05) is 12.1 Å². The van der Waals surface area contributed by atoms with Crippen molar-refractivity contribution in [3.63, 3.8) is 0 Å². The molecule has 0 saturated carbocycles. The van der Waals surface area contributed by atoms with E-state index in [0.717, 1.165) is 16.2 Å². The average Bonchev–Trinajstić information content (AvgIpc) is 3.47. The third-order valence-electron chi connectivity index (χ3n) is 10.3. The number of anilines is 5. The quantitative estimate of drug-likeness (QED) is 0.145. The van der Waals surface area contributed by atoms with E-state index in [1.165, 1.54) is 18.0 Å². The molecule has 0 bridgehead atoms. The number of benzene rings is 3. The average molecular weight is 810 g/mol. The van der Waals surface area contributed by atoms with Crippen LogP contribution in [0.5, 0.6) is 0 Å². The lowest BCUT2D eigenvalue weighted by molar-refractivity contribution is -0.138. The summed E-state index contributed by atoms with van der Waals surface area (Å²) in [6, 6.07) is 15.8. The number of alkyl halides is 3. The van der Waals surface area contributed by atoms with Crippen molar-refractivity contribution >= 4 is 56.6 Å². The second-order valence-corrected chi connectivity index (χ2v) is 16.2. The molecule has 0 aliphatic carbocycles. The van der Waals surface area contributed by atoms with Gasteiger partial charge in [-0.05, 0) is 66.1 Å². The lowest BCUT2D eigenvalue weighted by atomic mass is 10.0. The topological polar surface area (TPSA) is 160 Å². The van der Waals surface area contributed by atoms with Crippen LogP contribution >= 0.6 is 0 Å². The zero-order valence-corrected chi connectivity index (χ0v) is 31.8. The Labute approximate surface area is 325 Å². The van der Waals surface area contributed by atoms with E-state index in [-0.39, 0.29) is 43.4 Å². The minimum atomic E-state index is -4.73. The Morgan fingerprint density at radius 3 is 2.42 bits per heavy atom. The van der Waals surface area contributed by atoms with E-state index in [1.807, 2.05) is 12.1 Å². The fraction of sp³-hybridized carbons (Fsp3) is 0.342. The molecule has 2 saturated heterocycles. The van der Waals surface area contributed by atoms with Crippen LogP contribution in [0.4, 0.5) is 46.4 Å². The number of carbonyl (C=O) groups is 3. The van der Waals surface area contributed by atoms with E-state index < -0.39 is 51.3 Å². The molecule has 2 fully saturated rings. The van der Waals surface area contributed by atoms with Gasteiger partial charge in [-0.2, -0.15) is 18.2 Å². The van der Waals surface area contributed by atoms with Crippen molar-refractivity contribution in [2.75, 3.05) is 59.3 Å². The maximum atomic E-state index is 15.3. The number of hydrogen-bond donors (Lipinski definition) is 3. The van der Waals surface area contributed by atoms with Crippen LogP contribution in [0.2, 0.25) is 0 Å². The second-order valence-electron chi connectivity index (χ2n) is 14.1. The number of hydrogen-bond acceptors (Lipinski definition) is 11. The lowest BCUT2D eigenvalue weighted by Crippen LogP contribution is -2.52. The van der Waals surface area contributed by atoms with Crippen LogP contribution in [0.1, 0.15) is 45.5 Å². The standard InChI is InChI=1S/C38H39F4N9O5S/c1-48(57(2,55)56)28-5-3-4-23(16-28)19-43-34-30(38(40,41)42)20-44-37(47-34)45-26-6-8-27(9-7-26)50-14-12-49(13-15-50)21-25-17-24-22-51(36(54)29(24)18-31(25)39)32-10-11-33(52)46-35(32)53/h3-9,16-18,20,32H,10-15,19,21-22H2,1-2H3,(H,46,52,53)(H2,43,44,45,47). The number of halogens is 4. The molecule has 0 spiro atoms. The van der Waals surface area contributed by atoms with E-state index in [1.54, 1.807) is 42.5 Å². The van der Waals surface area contributed by atoms with Crippen molar-refractivity contribution in [1.82, 2.24) is 25.1 Å². The number of fused-ring (bicyclic) bond motifs is 1. The van der Waals surface area contributed by atoms with E-state index in [9.17, 15) is 36.0 Å². The van der Waals surface area contributed by atoms with Crippen molar-refractivity contribution in [1.29, 1.82) is 0 Å². The first kappa shape index (κ1) is 39.4. The smallest absolute Gasteiger partial charge is 0.369 e. The molecule has 19 heteroatoms. The summed E-state index contributed by atoms with van der Waals surface area (Å²) in [5.41, 5.74) is 2.61. The third-order valence-corrected chi connectivity index (χ3v) is 11.5. The molecule has 3 aromatic carbocycles. The van der Waals surface area contributed by atoms with Gasteiger partial charge in [0, 0.05) is 88.0 Å². The van der Waals surface area contributed by atoms with Crippen molar-refractivity contribution in [3.8, 4) is 0 Å². The molecule has 1 aromatic heterocycles. The zero-order valence-electron chi connectivity index (χ0n) is 30.9. The number of piperazine rings is 1. The summed E-state index contributed by atoms with van der Waals surface area (Å²) in [5, 5.41) is 7.95. The molecule has 4 heterocycles. The Hall–Kier alpha value is -5.82. The van der Waals surface area contributed by atoms with Gasteiger partial charge in [-0.15, -0.1) is 0 Å². The monoisotopic (exact) mass is 809 g/mol. The van der Waals surface area contributed by atoms with Crippen LogP contribution in [0.15, 0.2) is 66.9 Å². The van der Waals surface area contributed by atoms with Crippen LogP contribution in [0, 0.1) is 5.82 Å². The fourth-order valence-corrected chi connectivity index (χ4v) is 7.57. The van der Waals surface area contributed by atoms with Crippen LogP contribution < -0.4 is 25.2 Å². The predicted molar refractivity (Wildman–Crippen MR) is 204 cm³/mol. The molecule has 3 amide bonds. The van der Waals surface area contributed by atoms with Gasteiger partial charge < -0.3 is 20.4 Å². The molecule has 1 unspecified atom stereocenters. The fourth-order valence-electron chi connectivity index (χ4n) is 7.08. The van der Waals surface area contributed by atoms with E-state index >= 15 is 4.39 Å². The summed E-state index contributed by atoms with van der Waals surface area (Å²) in [6.07, 6.45) is -2.62. The SMILES string of the molecule is CN(c1cccc(CNc2nc(Nc3ccc(N4CCN(Cc5cc6c(cc5F)C(=O)N(C5CCC(=O)NC5=O)C6)CC4)cc3)ncc2C(F)(F)F)c1)S(C)(=O)=O. The lowest BCUT2D eigenvalue weighted by Gasteiger charge is -2.36. The van der Waals surface area contributed by atoms with Gasteiger partial charge in [0.05, 0.1) is 11.9 Å². The Morgan fingerprint density at radius 2 is 1.74 bits per heavy atom. The minimum Gasteiger partial charge on any atom is -0.369 e. The summed E-state index contributed by atoms with van der Waals surface area (Å²) in [7, 11) is -2.15. The van der Waals surface area contributed by atoms with Crippen LogP contribution in [-0.4, -0.2) is 91.4 Å². The summed E-state index contributed by atoms with van der Waals surface area (Å²) >= 11 is 0. The Morgan fingerprint density at radius 1 is 1.00 bits per heavy atom. The van der Waals surface area contributed by atoms with Crippen LogP contribution in [-0.2, 0) is 45.4 Å². The summed E-state index contributed by atoms with van der Waals surface area (Å²) < 4.78 is 81.9. The van der Waals surface area contributed by atoms with Gasteiger partial charge in [0.15, 0.2) is 0 Å². The predicted octanol–water partition coefficient (Wildman–Crippen LogP) is 4.47. The molecule has 3 aliphatic heterocycles. The Kier molecular flexibility index (Phi) is 10.8. The molecule has 3 N–H and O–H groups in total. The molecule has 0 radical (unpaired) electrons. The number of rotatable bonds is 11. The molecule has 57 heavy (non-hydrogen) atoms. The van der Waals surface area contributed by atoms with Gasteiger partial charge in [0.1, 0.15) is 23.2 Å². The number of aromatic nitrogens is 2. The molecule has 3 aliphatic rings. The molecule has 14 nitrogen and oxygen atoms in total. The zero-order chi connectivity index (χ0) is 40.6. The number of nitrogens with zero attached hydrogens (tertiary/aromatic N) is 6. The highest BCUT2D eigenvalue weighted by molar-refractivity contribution is 7.92. The summed E-state index contributed by atoms with van der Waals surface area (Å²) in [5.74, 6) is -2.33. The summed E-state index contributed by atoms with van der Waals surface area (Å²) in [6.45, 7) is 2.98. The molecule has 1 atom stereocenters. The van der Waals surface area contributed by atoms with Crippen molar-refractivity contribution in [3.05, 3.63) is 100 Å². The second kappa shape index (κ2) is 15.6. The first-order valence-electron chi connectivity index (χ1n) is 18.0. The minimum absolute atomic E-state index is 0.0655. The van der Waals surface area contributed by atoms with Crippen LogP contribution in [0.25, 0.3) is 0 Å². The van der Waals surface area contributed by atoms with Crippen molar-refractivity contribution < 1.29 is 40.4 Å². The largest absolute Gasteiger partial charge is 0.421 e. The van der Waals surface area contributed by atoms with Gasteiger partial charge in [0.2, 0.25) is 27.8 Å². The number of piperidine rings is 1. The van der Waals surface area contributed by atoms with Crippen molar-refractivity contribution in [2.45, 2.75) is 44.7 Å². The van der Waals surface area contributed by atoms with Crippen molar-refractivity contribution in [2.24, 2.45) is 0 Å². The molecular weight excluding hydrogens is 771 g/mol. The maximum absolute atomic E-state index is 15.3. The van der Waals surface area contributed by atoms with Gasteiger partial charge in [-0.3, -0.25) is 28.9 Å². The Balaban J connectivity index is 0.949. The first-order chi connectivity index (χ1) is 27.0. The first-order valence-corrected chi connectivity index (χ1v) is 19.9. The highest BCUT2D eigenvalue weighted by atomic mass is 32.2. The van der Waals surface area contributed by atoms with E-state index in [4.69, 9.17) is 0 Å². The maximum Gasteiger partial charge on any atom is 0.421 e. The molecule has 7 rings (SSSR count). The molecule has 300 valence electrons. The van der Waals surface area contributed by atoms with Gasteiger partial charge >= 0.3 is 6.18 Å². The number of nitrogens with one attached hydrogen (secondary N) is 3. The van der Waals surface area contributed by atoms with Gasteiger partial charge in [-0.25, -0.2) is 17.8 Å². The number of amides is 3. The van der Waals surface area contributed by atoms with Gasteiger partial charge in [0.25, 0.3) is 5.91 Å². The number of carbonyl (C=O) groups excluding carboxylic acids is 3.